The maximum atomic E-state index is 4.47. The Hall–Kier alpha value is -0.760. The molecule has 0 aromatic carbocycles. The van der Waals surface area contributed by atoms with Crippen molar-refractivity contribution in [2.24, 2.45) is 0 Å². The fourth-order valence-electron chi connectivity index (χ4n) is 1.45. The Morgan fingerprint density at radius 1 is 1.50 bits per heavy atom. The molecule has 1 aliphatic carbocycles. The molecule has 1 nitrogen and oxygen atoms in total. The standard InChI is InChI=1S/C10H11NS/c1-7-5-6-8-3-2-4-9(12)10(8)11-7/h2,4-6,9,12H,3H2,1H3. The highest BCUT2D eigenvalue weighted by atomic mass is 32.1. The van der Waals surface area contributed by atoms with Gasteiger partial charge < -0.3 is 0 Å². The molecule has 2 rings (SSSR count). The van der Waals surface area contributed by atoms with Crippen LogP contribution in [0.3, 0.4) is 0 Å². The molecule has 1 aliphatic rings. The van der Waals surface area contributed by atoms with Crippen LogP contribution < -0.4 is 0 Å². The topological polar surface area (TPSA) is 12.9 Å². The van der Waals surface area contributed by atoms with E-state index < -0.39 is 0 Å². The molecule has 0 saturated heterocycles. The third-order valence-corrected chi connectivity index (χ3v) is 2.50. The van der Waals surface area contributed by atoms with E-state index in [1.165, 1.54) is 5.56 Å². The van der Waals surface area contributed by atoms with E-state index in [0.717, 1.165) is 17.8 Å². The van der Waals surface area contributed by atoms with E-state index in [4.69, 9.17) is 0 Å². The monoisotopic (exact) mass is 177 g/mol. The van der Waals surface area contributed by atoms with Crippen molar-refractivity contribution in [1.29, 1.82) is 0 Å². The number of nitrogens with zero attached hydrogens (tertiary/aromatic N) is 1. The molecular formula is C10H11NS. The van der Waals surface area contributed by atoms with Gasteiger partial charge in [-0.2, -0.15) is 12.6 Å². The lowest BCUT2D eigenvalue weighted by Crippen LogP contribution is -2.03. The van der Waals surface area contributed by atoms with Gasteiger partial charge in [0.05, 0.1) is 10.9 Å². The molecule has 1 atom stereocenters. The van der Waals surface area contributed by atoms with Gasteiger partial charge in [-0.1, -0.05) is 18.2 Å². The lowest BCUT2D eigenvalue weighted by molar-refractivity contribution is 0.968. The van der Waals surface area contributed by atoms with E-state index in [2.05, 4.69) is 41.9 Å². The van der Waals surface area contributed by atoms with Gasteiger partial charge in [0.25, 0.3) is 0 Å². The molecule has 0 fully saturated rings. The van der Waals surface area contributed by atoms with Crippen molar-refractivity contribution >= 4 is 12.6 Å². The Morgan fingerprint density at radius 2 is 2.33 bits per heavy atom. The van der Waals surface area contributed by atoms with Gasteiger partial charge in [-0.15, -0.1) is 0 Å². The predicted molar refractivity (Wildman–Crippen MR) is 53.5 cm³/mol. The van der Waals surface area contributed by atoms with Crippen LogP contribution in [-0.4, -0.2) is 4.98 Å². The molecule has 0 aliphatic heterocycles. The van der Waals surface area contributed by atoms with Gasteiger partial charge in [0, 0.05) is 5.69 Å². The van der Waals surface area contributed by atoms with Gasteiger partial charge in [-0.3, -0.25) is 4.98 Å². The van der Waals surface area contributed by atoms with Crippen molar-refractivity contribution in [1.82, 2.24) is 4.98 Å². The van der Waals surface area contributed by atoms with E-state index in [9.17, 15) is 0 Å². The first-order valence-corrected chi connectivity index (χ1v) is 4.60. The van der Waals surface area contributed by atoms with Crippen molar-refractivity contribution in [3.63, 3.8) is 0 Å². The predicted octanol–water partition coefficient (Wildman–Crippen LogP) is 2.47. The van der Waals surface area contributed by atoms with Crippen LogP contribution in [0.25, 0.3) is 0 Å². The second-order valence-electron chi connectivity index (χ2n) is 3.07. The maximum absolute atomic E-state index is 4.47. The summed E-state index contributed by atoms with van der Waals surface area (Å²) in [7, 11) is 0. The number of fused-ring (bicyclic) bond motifs is 1. The summed E-state index contributed by atoms with van der Waals surface area (Å²) in [5, 5.41) is 0.189. The minimum atomic E-state index is 0.189. The van der Waals surface area contributed by atoms with Crippen molar-refractivity contribution in [3.05, 3.63) is 41.2 Å². The van der Waals surface area contributed by atoms with E-state index >= 15 is 0 Å². The summed E-state index contributed by atoms with van der Waals surface area (Å²) in [4.78, 5) is 4.47. The number of hydrogen-bond acceptors (Lipinski definition) is 2. The van der Waals surface area contributed by atoms with Crippen LogP contribution in [0.15, 0.2) is 24.3 Å². The van der Waals surface area contributed by atoms with Crippen LogP contribution in [0.2, 0.25) is 0 Å². The Kier molecular flexibility index (Phi) is 1.93. The molecule has 1 heterocycles. The van der Waals surface area contributed by atoms with Gasteiger partial charge in [0.15, 0.2) is 0 Å². The summed E-state index contributed by atoms with van der Waals surface area (Å²) in [6.07, 6.45) is 5.24. The van der Waals surface area contributed by atoms with Crippen LogP contribution in [-0.2, 0) is 6.42 Å². The van der Waals surface area contributed by atoms with Gasteiger partial charge in [0.1, 0.15) is 0 Å². The number of hydrogen-bond donors (Lipinski definition) is 1. The first-order valence-electron chi connectivity index (χ1n) is 4.08. The summed E-state index contributed by atoms with van der Waals surface area (Å²) in [5.41, 5.74) is 3.51. The molecule has 0 radical (unpaired) electrons. The number of aryl methyl sites for hydroxylation is 1. The Morgan fingerprint density at radius 3 is 3.17 bits per heavy atom. The summed E-state index contributed by atoms with van der Waals surface area (Å²) in [6.45, 7) is 2.01. The Bertz CT molecular complexity index is 331. The van der Waals surface area contributed by atoms with Gasteiger partial charge in [0.2, 0.25) is 0 Å². The molecule has 2 heteroatoms. The first kappa shape index (κ1) is 7.87. The average molecular weight is 177 g/mol. The summed E-state index contributed by atoms with van der Waals surface area (Å²) in [6, 6.07) is 4.20. The van der Waals surface area contributed by atoms with Crippen molar-refractivity contribution in [2.75, 3.05) is 0 Å². The van der Waals surface area contributed by atoms with Crippen molar-refractivity contribution < 1.29 is 0 Å². The third kappa shape index (κ3) is 1.27. The molecule has 12 heavy (non-hydrogen) atoms. The van der Waals surface area contributed by atoms with Crippen LogP contribution in [0.1, 0.15) is 22.2 Å². The number of pyridine rings is 1. The molecule has 0 N–H and O–H groups in total. The van der Waals surface area contributed by atoms with Gasteiger partial charge in [-0.25, -0.2) is 0 Å². The fraction of sp³-hybridized carbons (Fsp3) is 0.300. The van der Waals surface area contributed by atoms with Crippen molar-refractivity contribution in [3.8, 4) is 0 Å². The SMILES string of the molecule is Cc1ccc2c(n1)C(S)C=CC2. The number of thiol groups is 1. The quantitative estimate of drug-likeness (QED) is 0.474. The average Bonchev–Trinajstić information content (AvgIpc) is 2.07. The molecule has 1 unspecified atom stereocenters. The largest absolute Gasteiger partial charge is 0.256 e. The second-order valence-corrected chi connectivity index (χ2v) is 3.63. The van der Waals surface area contributed by atoms with Crippen LogP contribution in [0, 0.1) is 6.92 Å². The highest BCUT2D eigenvalue weighted by molar-refractivity contribution is 7.80. The maximum Gasteiger partial charge on any atom is 0.0623 e. The van der Waals surface area contributed by atoms with E-state index in [0.29, 0.717) is 0 Å². The summed E-state index contributed by atoms with van der Waals surface area (Å²) in [5.74, 6) is 0. The highest BCUT2D eigenvalue weighted by Crippen LogP contribution is 2.27. The summed E-state index contributed by atoms with van der Waals surface area (Å²) >= 11 is 4.44. The zero-order valence-corrected chi connectivity index (χ0v) is 7.88. The van der Waals surface area contributed by atoms with E-state index in [1.54, 1.807) is 0 Å². The molecular weight excluding hydrogens is 166 g/mol. The fourth-order valence-corrected chi connectivity index (χ4v) is 1.79. The molecule has 0 spiro atoms. The zero-order chi connectivity index (χ0) is 8.55. The minimum absolute atomic E-state index is 0.189. The lowest BCUT2D eigenvalue weighted by atomic mass is 10.0. The van der Waals surface area contributed by atoms with Crippen molar-refractivity contribution in [2.45, 2.75) is 18.6 Å². The van der Waals surface area contributed by atoms with Gasteiger partial charge >= 0.3 is 0 Å². The molecule has 1 aromatic rings. The van der Waals surface area contributed by atoms with Gasteiger partial charge in [-0.05, 0) is 25.0 Å². The smallest absolute Gasteiger partial charge is 0.0623 e. The van der Waals surface area contributed by atoms with E-state index in [-0.39, 0.29) is 5.25 Å². The molecule has 62 valence electrons. The normalized spacial score (nSPS) is 20.7. The number of allylic oxidation sites excluding steroid dienone is 1. The van der Waals surface area contributed by atoms with Crippen LogP contribution >= 0.6 is 12.6 Å². The summed E-state index contributed by atoms with van der Waals surface area (Å²) < 4.78 is 0. The second kappa shape index (κ2) is 2.94. The highest BCUT2D eigenvalue weighted by Gasteiger charge is 2.13. The minimum Gasteiger partial charge on any atom is -0.256 e. The lowest BCUT2D eigenvalue weighted by Gasteiger charge is -2.15. The van der Waals surface area contributed by atoms with Crippen LogP contribution in [0.5, 0.6) is 0 Å². The Labute approximate surface area is 77.9 Å². The van der Waals surface area contributed by atoms with Crippen LogP contribution in [0.4, 0.5) is 0 Å². The third-order valence-electron chi connectivity index (χ3n) is 2.09. The molecule has 0 bridgehead atoms. The zero-order valence-electron chi connectivity index (χ0n) is 6.99. The van der Waals surface area contributed by atoms with E-state index in [1.807, 2.05) is 6.92 Å². The molecule has 1 aromatic heterocycles. The molecule has 0 amide bonds. The number of rotatable bonds is 0. The molecule has 0 saturated carbocycles. The first-order chi connectivity index (χ1) is 5.77. The number of aromatic nitrogens is 1. The Balaban J connectivity index is 2.52.